The number of fused-ring (bicyclic) bond motifs is 1. The fourth-order valence-electron chi connectivity index (χ4n) is 2.59. The van der Waals surface area contributed by atoms with Gasteiger partial charge in [-0.05, 0) is 31.2 Å². The van der Waals surface area contributed by atoms with Crippen LogP contribution in [0.4, 0.5) is 5.69 Å². The average Bonchev–Trinajstić information content (AvgIpc) is 3.18. The van der Waals surface area contributed by atoms with Gasteiger partial charge in [-0.25, -0.2) is 4.98 Å². The van der Waals surface area contributed by atoms with Gasteiger partial charge >= 0.3 is 0 Å². The van der Waals surface area contributed by atoms with Gasteiger partial charge in [0, 0.05) is 23.1 Å². The van der Waals surface area contributed by atoms with E-state index in [4.69, 9.17) is 4.42 Å². The second-order valence-corrected chi connectivity index (χ2v) is 7.21. The van der Waals surface area contributed by atoms with Crippen LogP contribution >= 0.6 is 11.8 Å². The van der Waals surface area contributed by atoms with Crippen LogP contribution in [0.25, 0.3) is 22.4 Å². The fourth-order valence-corrected chi connectivity index (χ4v) is 3.44. The molecule has 2 aromatic carbocycles. The Morgan fingerprint density at radius 3 is 2.59 bits per heavy atom. The second kappa shape index (κ2) is 7.16. The first-order valence-electron chi connectivity index (χ1n) is 8.21. The highest BCUT2D eigenvalue weighted by atomic mass is 32.2. The summed E-state index contributed by atoms with van der Waals surface area (Å²) in [6, 6.07) is 18.0. The molecule has 0 unspecified atom stereocenters. The number of benzene rings is 2. The number of non-ortho nitro benzene ring substituents is 1. The quantitative estimate of drug-likeness (QED) is 0.272. The average molecular weight is 378 g/mol. The van der Waals surface area contributed by atoms with E-state index < -0.39 is 4.92 Å². The monoisotopic (exact) mass is 378 g/mol. The SMILES string of the molecule is C[C@@H](Sc1ccc2ccccc2n1)c1nnc(-c2ccc([N+](=O)[O-])cc2)o1. The van der Waals surface area contributed by atoms with E-state index >= 15 is 0 Å². The molecule has 0 N–H and O–H groups in total. The third-order valence-corrected chi connectivity index (χ3v) is 5.01. The Bertz CT molecular complexity index is 1110. The molecule has 0 saturated carbocycles. The summed E-state index contributed by atoms with van der Waals surface area (Å²) in [7, 11) is 0. The number of pyridine rings is 1. The number of nitro benzene ring substituents is 1. The largest absolute Gasteiger partial charge is 0.419 e. The van der Waals surface area contributed by atoms with E-state index in [1.54, 1.807) is 12.1 Å². The van der Waals surface area contributed by atoms with Gasteiger partial charge in [0.1, 0.15) is 0 Å². The first-order valence-corrected chi connectivity index (χ1v) is 9.09. The van der Waals surface area contributed by atoms with Crippen LogP contribution in [0.15, 0.2) is 70.1 Å². The predicted octanol–water partition coefficient (Wildman–Crippen LogP) is 5.05. The van der Waals surface area contributed by atoms with Gasteiger partial charge in [0.05, 0.1) is 20.7 Å². The highest BCUT2D eigenvalue weighted by molar-refractivity contribution is 7.99. The molecular weight excluding hydrogens is 364 g/mol. The number of nitro groups is 1. The zero-order valence-corrected chi connectivity index (χ0v) is 15.1. The van der Waals surface area contributed by atoms with E-state index in [9.17, 15) is 10.1 Å². The van der Waals surface area contributed by atoms with Gasteiger partial charge < -0.3 is 4.42 Å². The van der Waals surface area contributed by atoms with Gasteiger partial charge in [-0.15, -0.1) is 10.2 Å². The lowest BCUT2D eigenvalue weighted by atomic mass is 10.2. The Balaban J connectivity index is 1.52. The van der Waals surface area contributed by atoms with Crippen molar-refractivity contribution in [3.8, 4) is 11.5 Å². The van der Waals surface area contributed by atoms with Crippen molar-refractivity contribution < 1.29 is 9.34 Å². The molecule has 0 aliphatic heterocycles. The summed E-state index contributed by atoms with van der Waals surface area (Å²) >= 11 is 1.53. The van der Waals surface area contributed by atoms with E-state index in [1.807, 2.05) is 43.3 Å². The molecule has 0 aliphatic carbocycles. The summed E-state index contributed by atoms with van der Waals surface area (Å²) in [6.45, 7) is 1.97. The molecule has 7 nitrogen and oxygen atoms in total. The molecule has 4 rings (SSSR count). The zero-order chi connectivity index (χ0) is 18.8. The van der Waals surface area contributed by atoms with Gasteiger partial charge in [-0.1, -0.05) is 36.0 Å². The van der Waals surface area contributed by atoms with Crippen molar-refractivity contribution in [3.05, 3.63) is 76.7 Å². The summed E-state index contributed by atoms with van der Waals surface area (Å²) < 4.78 is 5.75. The van der Waals surface area contributed by atoms with Crippen molar-refractivity contribution in [2.75, 3.05) is 0 Å². The van der Waals surface area contributed by atoms with Gasteiger partial charge in [-0.2, -0.15) is 0 Å². The van der Waals surface area contributed by atoms with Crippen LogP contribution in [0.1, 0.15) is 18.1 Å². The van der Waals surface area contributed by atoms with Crippen LogP contribution in [-0.2, 0) is 0 Å². The highest BCUT2D eigenvalue weighted by Gasteiger charge is 2.17. The second-order valence-electron chi connectivity index (χ2n) is 5.85. The number of rotatable bonds is 5. The van der Waals surface area contributed by atoms with Crippen molar-refractivity contribution >= 4 is 28.4 Å². The van der Waals surface area contributed by atoms with Crippen LogP contribution in [0.2, 0.25) is 0 Å². The number of nitrogens with zero attached hydrogens (tertiary/aromatic N) is 4. The lowest BCUT2D eigenvalue weighted by Gasteiger charge is -2.06. The predicted molar refractivity (Wildman–Crippen MR) is 102 cm³/mol. The third-order valence-electron chi connectivity index (χ3n) is 3.98. The maximum atomic E-state index is 10.7. The molecule has 0 fully saturated rings. The molecule has 134 valence electrons. The first-order chi connectivity index (χ1) is 13.1. The van der Waals surface area contributed by atoms with Gasteiger partial charge in [-0.3, -0.25) is 10.1 Å². The molecule has 0 saturated heterocycles. The Kier molecular flexibility index (Phi) is 4.55. The summed E-state index contributed by atoms with van der Waals surface area (Å²) in [5.41, 5.74) is 1.59. The molecule has 0 radical (unpaired) electrons. The highest BCUT2D eigenvalue weighted by Crippen LogP contribution is 2.35. The Morgan fingerprint density at radius 1 is 1.04 bits per heavy atom. The molecule has 2 heterocycles. The van der Waals surface area contributed by atoms with Gasteiger partial charge in [0.25, 0.3) is 5.69 Å². The summed E-state index contributed by atoms with van der Waals surface area (Å²) in [5, 5.41) is 20.8. The molecular formula is C19H14N4O3S. The van der Waals surface area contributed by atoms with E-state index in [2.05, 4.69) is 15.2 Å². The molecule has 0 spiro atoms. The minimum Gasteiger partial charge on any atom is -0.419 e. The summed E-state index contributed by atoms with van der Waals surface area (Å²) in [5.74, 6) is 0.808. The van der Waals surface area contributed by atoms with E-state index in [1.165, 1.54) is 23.9 Å². The van der Waals surface area contributed by atoms with Crippen molar-refractivity contribution in [2.24, 2.45) is 0 Å². The lowest BCUT2D eigenvalue weighted by Crippen LogP contribution is -1.90. The standard InChI is InChI=1S/C19H14N4O3S/c1-12(27-17-11-8-13-4-2-3-5-16(13)20-17)18-21-22-19(26-18)14-6-9-15(10-7-14)23(24)25/h2-12H,1H3/t12-/m1/s1. The zero-order valence-electron chi connectivity index (χ0n) is 14.3. The molecule has 0 amide bonds. The molecule has 2 aromatic heterocycles. The normalized spacial score (nSPS) is 12.2. The van der Waals surface area contributed by atoms with Gasteiger partial charge in [0.2, 0.25) is 11.8 Å². The minimum absolute atomic E-state index is 0.0183. The van der Waals surface area contributed by atoms with E-state index in [0.717, 1.165) is 15.9 Å². The van der Waals surface area contributed by atoms with Crippen LogP contribution in [0.3, 0.4) is 0 Å². The van der Waals surface area contributed by atoms with Crippen molar-refractivity contribution in [1.82, 2.24) is 15.2 Å². The molecule has 1 atom stereocenters. The lowest BCUT2D eigenvalue weighted by molar-refractivity contribution is -0.384. The number of hydrogen-bond acceptors (Lipinski definition) is 7. The Labute approximate surface area is 158 Å². The molecule has 4 aromatic rings. The third kappa shape index (κ3) is 3.65. The molecule has 0 bridgehead atoms. The molecule has 8 heteroatoms. The number of aromatic nitrogens is 3. The fraction of sp³-hybridized carbons (Fsp3) is 0.105. The Morgan fingerprint density at radius 2 is 1.81 bits per heavy atom. The van der Waals surface area contributed by atoms with E-state index in [-0.39, 0.29) is 10.9 Å². The van der Waals surface area contributed by atoms with Crippen molar-refractivity contribution in [3.63, 3.8) is 0 Å². The maximum absolute atomic E-state index is 10.7. The van der Waals surface area contributed by atoms with Crippen molar-refractivity contribution in [2.45, 2.75) is 17.2 Å². The number of hydrogen-bond donors (Lipinski definition) is 0. The smallest absolute Gasteiger partial charge is 0.269 e. The minimum atomic E-state index is -0.446. The molecule has 27 heavy (non-hydrogen) atoms. The van der Waals surface area contributed by atoms with Crippen LogP contribution < -0.4 is 0 Å². The van der Waals surface area contributed by atoms with Gasteiger partial charge in [0.15, 0.2) is 0 Å². The van der Waals surface area contributed by atoms with Crippen LogP contribution in [-0.4, -0.2) is 20.1 Å². The molecule has 0 aliphatic rings. The van der Waals surface area contributed by atoms with Crippen LogP contribution in [0, 0.1) is 10.1 Å². The van der Waals surface area contributed by atoms with Crippen LogP contribution in [0.5, 0.6) is 0 Å². The topological polar surface area (TPSA) is 95.0 Å². The Hall–Kier alpha value is -3.26. The number of para-hydroxylation sites is 1. The summed E-state index contributed by atoms with van der Waals surface area (Å²) in [4.78, 5) is 14.9. The number of thioether (sulfide) groups is 1. The maximum Gasteiger partial charge on any atom is 0.269 e. The van der Waals surface area contributed by atoms with E-state index in [0.29, 0.717) is 17.3 Å². The summed E-state index contributed by atoms with van der Waals surface area (Å²) in [6.07, 6.45) is 0. The first kappa shape index (κ1) is 17.2. The van der Waals surface area contributed by atoms with Crippen molar-refractivity contribution in [1.29, 1.82) is 0 Å².